The van der Waals surface area contributed by atoms with E-state index >= 15 is 0 Å². The van der Waals surface area contributed by atoms with Crippen LogP contribution in [0.2, 0.25) is 0 Å². The summed E-state index contributed by atoms with van der Waals surface area (Å²) in [4.78, 5) is 0. The SMILES string of the molecule is Br.CNc1c(Br)cnn1C. The standard InChI is InChI=1S/C5H8BrN3.BrH/c1-7-5-4(6)3-8-9(5)2;/h3,7H,1-2H3;1H. The molecule has 0 radical (unpaired) electrons. The highest BCUT2D eigenvalue weighted by molar-refractivity contribution is 9.10. The van der Waals surface area contributed by atoms with Crippen molar-refractivity contribution in [2.75, 3.05) is 12.4 Å². The summed E-state index contributed by atoms with van der Waals surface area (Å²) in [6, 6.07) is 0. The van der Waals surface area contributed by atoms with Crippen LogP contribution in [0.5, 0.6) is 0 Å². The largest absolute Gasteiger partial charge is 0.372 e. The average molecular weight is 271 g/mol. The molecule has 0 unspecified atom stereocenters. The fourth-order valence-corrected chi connectivity index (χ4v) is 1.24. The quantitative estimate of drug-likeness (QED) is 0.844. The summed E-state index contributed by atoms with van der Waals surface area (Å²) in [5.74, 6) is 0.995. The number of aromatic nitrogens is 2. The third-order valence-electron chi connectivity index (χ3n) is 1.13. The molecule has 1 aromatic rings. The number of hydrogen-bond acceptors (Lipinski definition) is 2. The molecule has 0 saturated carbocycles. The first-order chi connectivity index (χ1) is 4.25. The molecule has 5 heteroatoms. The Kier molecular flexibility index (Phi) is 3.96. The van der Waals surface area contributed by atoms with Crippen LogP contribution in [0.3, 0.4) is 0 Å². The normalized spacial score (nSPS) is 8.70. The molecular formula is C5H9Br2N3. The van der Waals surface area contributed by atoms with Crippen molar-refractivity contribution >= 4 is 38.7 Å². The number of anilines is 1. The minimum atomic E-state index is 0. The highest BCUT2D eigenvalue weighted by Gasteiger charge is 2.00. The maximum absolute atomic E-state index is 3.99. The van der Waals surface area contributed by atoms with E-state index in [4.69, 9.17) is 0 Å². The van der Waals surface area contributed by atoms with Crippen LogP contribution in [0, 0.1) is 0 Å². The van der Waals surface area contributed by atoms with E-state index in [0.29, 0.717) is 0 Å². The molecule has 0 fully saturated rings. The molecule has 0 aliphatic carbocycles. The molecule has 58 valence electrons. The zero-order valence-electron chi connectivity index (χ0n) is 5.76. The van der Waals surface area contributed by atoms with Crippen LogP contribution in [0.4, 0.5) is 5.82 Å². The molecule has 0 atom stereocenters. The van der Waals surface area contributed by atoms with Gasteiger partial charge in [-0.2, -0.15) is 5.10 Å². The van der Waals surface area contributed by atoms with E-state index in [1.807, 2.05) is 14.1 Å². The van der Waals surface area contributed by atoms with Crippen molar-refractivity contribution in [3.8, 4) is 0 Å². The Labute approximate surface area is 78.7 Å². The molecule has 1 aromatic heterocycles. The number of nitrogens with zero attached hydrogens (tertiary/aromatic N) is 2. The third kappa shape index (κ3) is 1.73. The summed E-state index contributed by atoms with van der Waals surface area (Å²) < 4.78 is 2.76. The first-order valence-electron chi connectivity index (χ1n) is 2.61. The van der Waals surface area contributed by atoms with Crippen LogP contribution in [-0.2, 0) is 7.05 Å². The highest BCUT2D eigenvalue weighted by atomic mass is 79.9. The van der Waals surface area contributed by atoms with E-state index in [1.54, 1.807) is 10.9 Å². The Morgan fingerprint density at radius 3 is 2.50 bits per heavy atom. The number of halogens is 2. The van der Waals surface area contributed by atoms with Gasteiger partial charge in [0.05, 0.1) is 10.7 Å². The molecule has 1 rings (SSSR count). The topological polar surface area (TPSA) is 29.9 Å². The number of aryl methyl sites for hydroxylation is 1. The molecular weight excluding hydrogens is 262 g/mol. The highest BCUT2D eigenvalue weighted by Crippen LogP contribution is 2.18. The van der Waals surface area contributed by atoms with Crippen molar-refractivity contribution in [3.05, 3.63) is 10.7 Å². The van der Waals surface area contributed by atoms with Gasteiger partial charge in [0.15, 0.2) is 0 Å². The van der Waals surface area contributed by atoms with Crippen LogP contribution in [0.15, 0.2) is 10.7 Å². The van der Waals surface area contributed by atoms with E-state index in [-0.39, 0.29) is 17.0 Å². The van der Waals surface area contributed by atoms with Crippen LogP contribution in [-0.4, -0.2) is 16.8 Å². The molecule has 0 aliphatic rings. The molecule has 10 heavy (non-hydrogen) atoms. The molecule has 1 N–H and O–H groups in total. The molecule has 3 nitrogen and oxygen atoms in total. The molecule has 0 amide bonds. The van der Waals surface area contributed by atoms with Gasteiger partial charge in [0.25, 0.3) is 0 Å². The summed E-state index contributed by atoms with van der Waals surface area (Å²) in [6.07, 6.45) is 1.76. The predicted octanol–water partition coefficient (Wildman–Crippen LogP) is 1.80. The van der Waals surface area contributed by atoms with Gasteiger partial charge in [-0.15, -0.1) is 17.0 Å². The zero-order chi connectivity index (χ0) is 6.85. The maximum atomic E-state index is 3.99. The van der Waals surface area contributed by atoms with Crippen molar-refractivity contribution in [3.63, 3.8) is 0 Å². The van der Waals surface area contributed by atoms with E-state index in [1.165, 1.54) is 0 Å². The van der Waals surface area contributed by atoms with E-state index in [9.17, 15) is 0 Å². The van der Waals surface area contributed by atoms with Crippen molar-refractivity contribution in [1.82, 2.24) is 9.78 Å². The Hall–Kier alpha value is -0.0300. The second-order valence-corrected chi connectivity index (χ2v) is 2.57. The van der Waals surface area contributed by atoms with Crippen molar-refractivity contribution < 1.29 is 0 Å². The Morgan fingerprint density at radius 1 is 1.70 bits per heavy atom. The monoisotopic (exact) mass is 269 g/mol. The van der Waals surface area contributed by atoms with Gasteiger partial charge < -0.3 is 5.32 Å². The molecule has 0 aromatic carbocycles. The fourth-order valence-electron chi connectivity index (χ4n) is 0.692. The first kappa shape index (κ1) is 9.97. The summed E-state index contributed by atoms with van der Waals surface area (Å²) >= 11 is 3.33. The van der Waals surface area contributed by atoms with Gasteiger partial charge >= 0.3 is 0 Å². The lowest BCUT2D eigenvalue weighted by molar-refractivity contribution is 0.774. The van der Waals surface area contributed by atoms with Crippen molar-refractivity contribution in [1.29, 1.82) is 0 Å². The van der Waals surface area contributed by atoms with Gasteiger partial charge in [-0.1, -0.05) is 0 Å². The molecule has 0 aliphatic heterocycles. The summed E-state index contributed by atoms with van der Waals surface area (Å²) in [6.45, 7) is 0. The van der Waals surface area contributed by atoms with Crippen LogP contribution in [0.1, 0.15) is 0 Å². The zero-order valence-corrected chi connectivity index (χ0v) is 9.06. The molecule has 0 bridgehead atoms. The molecule has 0 saturated heterocycles. The molecule has 1 heterocycles. The first-order valence-corrected chi connectivity index (χ1v) is 3.40. The number of hydrogen-bond donors (Lipinski definition) is 1. The lowest BCUT2D eigenvalue weighted by Crippen LogP contribution is -1.98. The van der Waals surface area contributed by atoms with Gasteiger partial charge in [0.1, 0.15) is 5.82 Å². The van der Waals surface area contributed by atoms with E-state index in [2.05, 4.69) is 26.3 Å². The predicted molar refractivity (Wildman–Crippen MR) is 50.8 cm³/mol. The van der Waals surface area contributed by atoms with Gasteiger partial charge in [-0.3, -0.25) is 4.68 Å². The summed E-state index contributed by atoms with van der Waals surface area (Å²) in [5, 5.41) is 6.99. The van der Waals surface area contributed by atoms with Gasteiger partial charge in [-0.25, -0.2) is 0 Å². The van der Waals surface area contributed by atoms with Crippen LogP contribution < -0.4 is 5.32 Å². The summed E-state index contributed by atoms with van der Waals surface area (Å²) in [5.41, 5.74) is 0. The van der Waals surface area contributed by atoms with Crippen LogP contribution >= 0.6 is 32.9 Å². The Morgan fingerprint density at radius 2 is 2.30 bits per heavy atom. The minimum absolute atomic E-state index is 0. The van der Waals surface area contributed by atoms with Gasteiger partial charge in [-0.05, 0) is 15.9 Å². The average Bonchev–Trinajstić information content (AvgIpc) is 2.12. The Bertz CT molecular complexity index is 189. The van der Waals surface area contributed by atoms with Crippen molar-refractivity contribution in [2.24, 2.45) is 7.05 Å². The second-order valence-electron chi connectivity index (χ2n) is 1.71. The molecule has 0 spiro atoms. The van der Waals surface area contributed by atoms with Crippen molar-refractivity contribution in [2.45, 2.75) is 0 Å². The van der Waals surface area contributed by atoms with Gasteiger partial charge in [0, 0.05) is 14.1 Å². The maximum Gasteiger partial charge on any atom is 0.138 e. The van der Waals surface area contributed by atoms with Crippen LogP contribution in [0.25, 0.3) is 0 Å². The number of rotatable bonds is 1. The number of nitrogens with one attached hydrogen (secondary N) is 1. The third-order valence-corrected chi connectivity index (χ3v) is 1.71. The van der Waals surface area contributed by atoms with E-state index in [0.717, 1.165) is 10.3 Å². The summed E-state index contributed by atoms with van der Waals surface area (Å²) in [7, 11) is 3.75. The smallest absolute Gasteiger partial charge is 0.138 e. The second kappa shape index (κ2) is 3.98. The lowest BCUT2D eigenvalue weighted by Gasteiger charge is -1.98. The van der Waals surface area contributed by atoms with E-state index < -0.39 is 0 Å². The Balaban J connectivity index is 0.000000810. The minimum Gasteiger partial charge on any atom is -0.372 e. The lowest BCUT2D eigenvalue weighted by atomic mass is 10.6. The van der Waals surface area contributed by atoms with Gasteiger partial charge in [0.2, 0.25) is 0 Å². The fraction of sp³-hybridized carbons (Fsp3) is 0.400.